The van der Waals surface area contributed by atoms with Gasteiger partial charge in [0, 0.05) is 0 Å². The highest BCUT2D eigenvalue weighted by molar-refractivity contribution is 5.95. The lowest BCUT2D eigenvalue weighted by Crippen LogP contribution is -2.25. The van der Waals surface area contributed by atoms with Gasteiger partial charge in [0.2, 0.25) is 0 Å². The number of pyridine rings is 1. The molecule has 0 atom stereocenters. The van der Waals surface area contributed by atoms with Crippen LogP contribution in [0.25, 0.3) is 0 Å². The Labute approximate surface area is 110 Å². The molecule has 2 N–H and O–H groups in total. The van der Waals surface area contributed by atoms with Gasteiger partial charge in [-0.25, -0.2) is 9.78 Å². The van der Waals surface area contributed by atoms with Crippen LogP contribution in [0.4, 0.5) is 11.5 Å². The van der Waals surface area contributed by atoms with Crippen LogP contribution in [-0.4, -0.2) is 30.6 Å². The summed E-state index contributed by atoms with van der Waals surface area (Å²) < 4.78 is 4.87. The van der Waals surface area contributed by atoms with Crippen molar-refractivity contribution in [3.05, 3.63) is 17.8 Å². The second kappa shape index (κ2) is 6.82. The molecular weight excluding hydrogens is 246 g/mol. The van der Waals surface area contributed by atoms with Gasteiger partial charge in [-0.1, -0.05) is 0 Å². The standard InChI is InChI=1S/C12H13N5O2/c1-2-19-12(18)9-7-11(16-8-10(9)15)17(5-3-13)6-4-14/h7-8H,2,5-6,15H2,1H3. The molecule has 0 fully saturated rings. The molecule has 0 unspecified atom stereocenters. The molecule has 7 nitrogen and oxygen atoms in total. The summed E-state index contributed by atoms with van der Waals surface area (Å²) in [6.45, 7) is 1.91. The fourth-order valence-corrected chi connectivity index (χ4v) is 1.40. The van der Waals surface area contributed by atoms with Crippen LogP contribution in [0, 0.1) is 22.7 Å². The van der Waals surface area contributed by atoms with Crippen LogP contribution in [0.15, 0.2) is 12.3 Å². The first-order valence-corrected chi connectivity index (χ1v) is 5.55. The van der Waals surface area contributed by atoms with E-state index < -0.39 is 5.97 Å². The van der Waals surface area contributed by atoms with E-state index in [9.17, 15) is 4.79 Å². The molecule has 19 heavy (non-hydrogen) atoms. The number of rotatable bonds is 5. The predicted octanol–water partition coefficient (Wildman–Crippen LogP) is 0.694. The Morgan fingerprint density at radius 1 is 1.47 bits per heavy atom. The number of esters is 1. The van der Waals surface area contributed by atoms with Crippen molar-refractivity contribution >= 4 is 17.5 Å². The highest BCUT2D eigenvalue weighted by Crippen LogP contribution is 2.18. The van der Waals surface area contributed by atoms with E-state index >= 15 is 0 Å². The lowest BCUT2D eigenvalue weighted by Gasteiger charge is -2.17. The molecule has 1 heterocycles. The molecule has 0 aliphatic heterocycles. The summed E-state index contributed by atoms with van der Waals surface area (Å²) in [4.78, 5) is 17.1. The summed E-state index contributed by atoms with van der Waals surface area (Å²) in [5.74, 6) is -0.224. The summed E-state index contributed by atoms with van der Waals surface area (Å²) >= 11 is 0. The zero-order valence-corrected chi connectivity index (χ0v) is 10.5. The predicted molar refractivity (Wildman–Crippen MR) is 68.0 cm³/mol. The molecular formula is C12H13N5O2. The highest BCUT2D eigenvalue weighted by atomic mass is 16.5. The van der Waals surface area contributed by atoms with Gasteiger partial charge in [-0.3, -0.25) is 0 Å². The fraction of sp³-hybridized carbons (Fsp3) is 0.333. The van der Waals surface area contributed by atoms with Crippen LogP contribution in [0.5, 0.6) is 0 Å². The number of anilines is 2. The summed E-state index contributed by atoms with van der Waals surface area (Å²) in [6, 6.07) is 5.27. The fourth-order valence-electron chi connectivity index (χ4n) is 1.40. The minimum Gasteiger partial charge on any atom is -0.462 e. The smallest absolute Gasteiger partial charge is 0.340 e. The van der Waals surface area contributed by atoms with Gasteiger partial charge >= 0.3 is 5.97 Å². The van der Waals surface area contributed by atoms with E-state index in [-0.39, 0.29) is 30.9 Å². The zero-order chi connectivity index (χ0) is 14.3. The number of carbonyl (C=O) groups excluding carboxylic acids is 1. The van der Waals surface area contributed by atoms with Crippen LogP contribution < -0.4 is 10.6 Å². The van der Waals surface area contributed by atoms with E-state index in [2.05, 4.69) is 4.98 Å². The maximum Gasteiger partial charge on any atom is 0.340 e. The third kappa shape index (κ3) is 3.58. The van der Waals surface area contributed by atoms with E-state index in [1.54, 1.807) is 6.92 Å². The number of nitrogen functional groups attached to an aromatic ring is 1. The monoisotopic (exact) mass is 259 g/mol. The first kappa shape index (κ1) is 14.3. The molecule has 0 aliphatic rings. The van der Waals surface area contributed by atoms with Crippen LogP contribution in [0.3, 0.4) is 0 Å². The van der Waals surface area contributed by atoms with E-state index in [1.807, 2.05) is 12.1 Å². The van der Waals surface area contributed by atoms with Gasteiger partial charge in [0.25, 0.3) is 0 Å². The lowest BCUT2D eigenvalue weighted by atomic mass is 10.2. The van der Waals surface area contributed by atoms with Gasteiger partial charge in [0.15, 0.2) is 0 Å². The van der Waals surface area contributed by atoms with Crippen LogP contribution in [0.2, 0.25) is 0 Å². The number of carbonyl (C=O) groups is 1. The van der Waals surface area contributed by atoms with Crippen LogP contribution in [-0.2, 0) is 4.74 Å². The number of aromatic nitrogens is 1. The average Bonchev–Trinajstić information content (AvgIpc) is 2.39. The Morgan fingerprint density at radius 3 is 2.63 bits per heavy atom. The van der Waals surface area contributed by atoms with Gasteiger partial charge in [0.1, 0.15) is 18.9 Å². The molecule has 0 bridgehead atoms. The third-order valence-electron chi connectivity index (χ3n) is 2.26. The van der Waals surface area contributed by atoms with Gasteiger partial charge in [-0.2, -0.15) is 10.5 Å². The van der Waals surface area contributed by atoms with Crippen molar-refractivity contribution in [3.8, 4) is 12.1 Å². The van der Waals surface area contributed by atoms with E-state index in [1.165, 1.54) is 17.2 Å². The Morgan fingerprint density at radius 2 is 2.11 bits per heavy atom. The van der Waals surface area contributed by atoms with E-state index in [0.29, 0.717) is 5.82 Å². The highest BCUT2D eigenvalue weighted by Gasteiger charge is 2.15. The van der Waals surface area contributed by atoms with Crippen LogP contribution >= 0.6 is 0 Å². The Kier molecular flexibility index (Phi) is 5.12. The molecule has 0 aliphatic carbocycles. The number of nitrogens with zero attached hydrogens (tertiary/aromatic N) is 4. The van der Waals surface area contributed by atoms with E-state index in [0.717, 1.165) is 0 Å². The molecule has 1 aromatic heterocycles. The topological polar surface area (TPSA) is 116 Å². The molecule has 0 amide bonds. The maximum atomic E-state index is 11.7. The molecule has 1 rings (SSSR count). The van der Waals surface area contributed by atoms with Gasteiger partial charge in [-0.05, 0) is 13.0 Å². The minimum atomic E-state index is -0.558. The van der Waals surface area contributed by atoms with Gasteiger partial charge in [-0.15, -0.1) is 0 Å². The second-order valence-electron chi connectivity index (χ2n) is 3.52. The van der Waals surface area contributed by atoms with Crippen molar-refractivity contribution in [2.75, 3.05) is 30.3 Å². The van der Waals surface area contributed by atoms with E-state index in [4.69, 9.17) is 21.0 Å². The summed E-state index contributed by atoms with van der Waals surface area (Å²) in [5, 5.41) is 17.4. The summed E-state index contributed by atoms with van der Waals surface area (Å²) in [5.41, 5.74) is 6.02. The second-order valence-corrected chi connectivity index (χ2v) is 3.52. The molecule has 0 saturated heterocycles. The first-order chi connectivity index (χ1) is 9.13. The third-order valence-corrected chi connectivity index (χ3v) is 2.26. The molecule has 0 saturated carbocycles. The number of nitriles is 2. The van der Waals surface area contributed by atoms with Crippen molar-refractivity contribution in [1.29, 1.82) is 10.5 Å². The lowest BCUT2D eigenvalue weighted by molar-refractivity contribution is 0.0527. The summed E-state index contributed by atoms with van der Waals surface area (Å²) in [7, 11) is 0. The van der Waals surface area contributed by atoms with Gasteiger partial charge in [0.05, 0.1) is 36.2 Å². The minimum absolute atomic E-state index is 0.00720. The molecule has 0 aromatic carbocycles. The molecule has 1 aromatic rings. The Hall–Kier alpha value is -2.80. The Bertz CT molecular complexity index is 528. The largest absolute Gasteiger partial charge is 0.462 e. The maximum absolute atomic E-state index is 11.7. The quantitative estimate of drug-likeness (QED) is 0.610. The van der Waals surface area contributed by atoms with Crippen molar-refractivity contribution in [1.82, 2.24) is 4.98 Å². The molecule has 0 radical (unpaired) electrons. The Balaban J connectivity index is 3.10. The number of hydrogen-bond donors (Lipinski definition) is 1. The van der Waals surface area contributed by atoms with Gasteiger partial charge < -0.3 is 15.4 Å². The van der Waals surface area contributed by atoms with Crippen molar-refractivity contribution in [2.45, 2.75) is 6.92 Å². The van der Waals surface area contributed by atoms with Crippen molar-refractivity contribution < 1.29 is 9.53 Å². The van der Waals surface area contributed by atoms with Crippen LogP contribution in [0.1, 0.15) is 17.3 Å². The molecule has 7 heteroatoms. The van der Waals surface area contributed by atoms with Crippen molar-refractivity contribution in [3.63, 3.8) is 0 Å². The number of ether oxygens (including phenoxy) is 1. The average molecular weight is 259 g/mol. The number of hydrogen-bond acceptors (Lipinski definition) is 7. The normalized spacial score (nSPS) is 9.21. The van der Waals surface area contributed by atoms with Crippen molar-refractivity contribution in [2.24, 2.45) is 0 Å². The molecule has 0 spiro atoms. The zero-order valence-electron chi connectivity index (χ0n) is 10.5. The SMILES string of the molecule is CCOC(=O)c1cc(N(CC#N)CC#N)ncc1N. The molecule has 98 valence electrons. The summed E-state index contributed by atoms with van der Waals surface area (Å²) in [6.07, 6.45) is 1.31. The number of nitrogens with two attached hydrogens (primary N) is 1. The first-order valence-electron chi connectivity index (χ1n) is 5.55.